The van der Waals surface area contributed by atoms with Crippen molar-refractivity contribution in [2.24, 2.45) is 0 Å². The van der Waals surface area contributed by atoms with Crippen LogP contribution in [0.5, 0.6) is 0 Å². The molecule has 29 heavy (non-hydrogen) atoms. The smallest absolute Gasteiger partial charge is 0.264 e. The van der Waals surface area contributed by atoms with Crippen LogP contribution in [0.1, 0.15) is 36.5 Å². The molecule has 1 aliphatic rings. The van der Waals surface area contributed by atoms with Gasteiger partial charge in [0.25, 0.3) is 15.9 Å². The first-order chi connectivity index (χ1) is 13.9. The van der Waals surface area contributed by atoms with Crippen molar-refractivity contribution in [3.63, 3.8) is 0 Å². The Balaban J connectivity index is 1.72. The Hall–Kier alpha value is -2.38. The highest BCUT2D eigenvalue weighted by Crippen LogP contribution is 2.22. The van der Waals surface area contributed by atoms with Crippen LogP contribution in [0.25, 0.3) is 0 Å². The predicted molar refractivity (Wildman–Crippen MR) is 116 cm³/mol. The van der Waals surface area contributed by atoms with Crippen molar-refractivity contribution in [2.75, 3.05) is 31.0 Å². The molecule has 2 aromatic rings. The molecule has 0 saturated carbocycles. The number of amides is 1. The quantitative estimate of drug-likeness (QED) is 0.719. The van der Waals surface area contributed by atoms with E-state index >= 15 is 0 Å². The molecule has 1 unspecified atom stereocenters. The van der Waals surface area contributed by atoms with Gasteiger partial charge in [-0.05, 0) is 62.7 Å². The zero-order valence-electron chi connectivity index (χ0n) is 17.0. The number of carbonyl (C=O) groups is 1. The topological polar surface area (TPSA) is 69.7 Å². The lowest BCUT2D eigenvalue weighted by Crippen LogP contribution is -2.42. The maximum absolute atomic E-state index is 13.0. The van der Waals surface area contributed by atoms with Crippen LogP contribution in [-0.4, -0.2) is 51.9 Å². The second-order valence-corrected chi connectivity index (χ2v) is 9.32. The van der Waals surface area contributed by atoms with E-state index in [1.807, 2.05) is 6.07 Å². The molecular weight excluding hydrogens is 386 g/mol. The Kier molecular flexibility index (Phi) is 6.92. The summed E-state index contributed by atoms with van der Waals surface area (Å²) >= 11 is 0. The highest BCUT2D eigenvalue weighted by atomic mass is 32.2. The average Bonchev–Trinajstić information content (AvgIpc) is 3.29. The number of nitrogens with one attached hydrogen (secondary N) is 1. The van der Waals surface area contributed by atoms with Crippen molar-refractivity contribution in [1.29, 1.82) is 0 Å². The van der Waals surface area contributed by atoms with Crippen LogP contribution in [0.2, 0.25) is 0 Å². The van der Waals surface area contributed by atoms with Crippen molar-refractivity contribution >= 4 is 21.6 Å². The van der Waals surface area contributed by atoms with Crippen LogP contribution < -0.4 is 9.62 Å². The van der Waals surface area contributed by atoms with E-state index in [1.165, 1.54) is 36.3 Å². The third-order valence-electron chi connectivity index (χ3n) is 5.50. The lowest BCUT2D eigenvalue weighted by molar-refractivity contribution is 0.0937. The summed E-state index contributed by atoms with van der Waals surface area (Å²) in [6.45, 7) is 4.85. The maximum Gasteiger partial charge on any atom is 0.264 e. The largest absolute Gasteiger partial charge is 0.350 e. The summed E-state index contributed by atoms with van der Waals surface area (Å²) < 4.78 is 27.2. The van der Waals surface area contributed by atoms with Crippen LogP contribution in [-0.2, 0) is 10.0 Å². The first-order valence-electron chi connectivity index (χ1n) is 10.1. The normalized spacial score (nSPS) is 15.8. The second kappa shape index (κ2) is 9.41. The number of benzene rings is 2. The van der Waals surface area contributed by atoms with E-state index in [2.05, 4.69) is 17.1 Å². The van der Waals surface area contributed by atoms with Crippen molar-refractivity contribution in [1.82, 2.24) is 10.2 Å². The maximum atomic E-state index is 13.0. The SMILES string of the molecule is CCC(CNC(=O)c1cccc(S(=O)(=O)N(C)c2ccccc2)c1)N1CCCC1. The van der Waals surface area contributed by atoms with E-state index in [-0.39, 0.29) is 10.8 Å². The van der Waals surface area contributed by atoms with Crippen molar-refractivity contribution in [2.45, 2.75) is 37.1 Å². The average molecular weight is 416 g/mol. The molecule has 0 aromatic heterocycles. The molecule has 1 saturated heterocycles. The minimum Gasteiger partial charge on any atom is -0.350 e. The van der Waals surface area contributed by atoms with Gasteiger partial charge in [-0.15, -0.1) is 0 Å². The number of likely N-dealkylation sites (tertiary alicyclic amines) is 1. The number of carbonyl (C=O) groups excluding carboxylic acids is 1. The Morgan fingerprint density at radius 3 is 2.45 bits per heavy atom. The van der Waals surface area contributed by atoms with E-state index in [1.54, 1.807) is 36.4 Å². The fourth-order valence-corrected chi connectivity index (χ4v) is 4.93. The molecular formula is C22H29N3O3S. The minimum atomic E-state index is -3.75. The Morgan fingerprint density at radius 1 is 1.10 bits per heavy atom. The van der Waals surface area contributed by atoms with Crippen molar-refractivity contribution in [3.8, 4) is 0 Å². The molecule has 1 N–H and O–H groups in total. The van der Waals surface area contributed by atoms with Crippen LogP contribution >= 0.6 is 0 Å². The zero-order valence-corrected chi connectivity index (χ0v) is 17.9. The minimum absolute atomic E-state index is 0.100. The summed E-state index contributed by atoms with van der Waals surface area (Å²) in [5, 5.41) is 2.98. The molecule has 1 aliphatic heterocycles. The number of sulfonamides is 1. The van der Waals surface area contributed by atoms with Crippen LogP contribution in [0.15, 0.2) is 59.5 Å². The van der Waals surface area contributed by atoms with E-state index in [4.69, 9.17) is 0 Å². The number of hydrogen-bond donors (Lipinski definition) is 1. The first kappa shape index (κ1) is 21.3. The second-order valence-electron chi connectivity index (χ2n) is 7.35. The van der Waals surface area contributed by atoms with Crippen molar-refractivity contribution < 1.29 is 13.2 Å². The van der Waals surface area contributed by atoms with Crippen LogP contribution in [0.4, 0.5) is 5.69 Å². The molecule has 0 spiro atoms. The van der Waals surface area contributed by atoms with Gasteiger partial charge >= 0.3 is 0 Å². The summed E-state index contributed by atoms with van der Waals surface area (Å²) in [6, 6.07) is 15.4. The van der Waals surface area contributed by atoms with Gasteiger partial charge in [0.15, 0.2) is 0 Å². The number of para-hydroxylation sites is 1. The number of nitrogens with zero attached hydrogens (tertiary/aromatic N) is 2. The summed E-state index contributed by atoms with van der Waals surface area (Å²) in [6.07, 6.45) is 3.38. The Morgan fingerprint density at radius 2 is 1.79 bits per heavy atom. The van der Waals surface area contributed by atoms with Crippen molar-refractivity contribution in [3.05, 3.63) is 60.2 Å². The first-order valence-corrected chi connectivity index (χ1v) is 11.5. The molecule has 0 radical (unpaired) electrons. The summed E-state index contributed by atoms with van der Waals surface area (Å²) in [5.74, 6) is -0.248. The lowest BCUT2D eigenvalue weighted by atomic mass is 10.1. The van der Waals surface area contributed by atoms with Crippen LogP contribution in [0, 0.1) is 0 Å². The van der Waals surface area contributed by atoms with E-state index in [0.717, 1.165) is 19.5 Å². The highest BCUT2D eigenvalue weighted by Gasteiger charge is 2.23. The summed E-state index contributed by atoms with van der Waals surface area (Å²) in [4.78, 5) is 15.2. The molecule has 0 bridgehead atoms. The van der Waals surface area contributed by atoms with Gasteiger partial charge in [0.05, 0.1) is 10.6 Å². The lowest BCUT2D eigenvalue weighted by Gasteiger charge is -2.26. The van der Waals surface area contributed by atoms with Gasteiger partial charge in [-0.1, -0.05) is 31.2 Å². The molecule has 1 heterocycles. The molecule has 1 fully saturated rings. The zero-order chi connectivity index (χ0) is 20.9. The fourth-order valence-electron chi connectivity index (χ4n) is 3.68. The van der Waals surface area contributed by atoms with E-state index < -0.39 is 10.0 Å². The molecule has 7 heteroatoms. The summed E-state index contributed by atoms with van der Waals surface area (Å²) in [7, 11) is -2.24. The standard InChI is InChI=1S/C22H29N3O3S/c1-3-19(25-14-7-8-15-25)17-23-22(26)18-10-9-13-21(16-18)29(27,28)24(2)20-11-5-4-6-12-20/h4-6,9-13,16,19H,3,7-8,14-15,17H2,1-2H3,(H,23,26). The van der Waals surface area contributed by atoms with Gasteiger partial charge in [0.2, 0.25) is 0 Å². The van der Waals surface area contributed by atoms with Gasteiger partial charge in [-0.25, -0.2) is 8.42 Å². The molecule has 6 nitrogen and oxygen atoms in total. The van der Waals surface area contributed by atoms with Gasteiger partial charge in [0.1, 0.15) is 0 Å². The third-order valence-corrected chi connectivity index (χ3v) is 7.28. The van der Waals surface area contributed by atoms with Gasteiger partial charge in [-0.3, -0.25) is 14.0 Å². The van der Waals surface area contributed by atoms with Gasteiger partial charge in [0, 0.05) is 25.2 Å². The number of anilines is 1. The Labute approximate surface area is 173 Å². The summed E-state index contributed by atoms with van der Waals surface area (Å²) in [5.41, 5.74) is 0.919. The Bertz CT molecular complexity index is 925. The van der Waals surface area contributed by atoms with Gasteiger partial charge in [-0.2, -0.15) is 0 Å². The molecule has 1 amide bonds. The molecule has 156 valence electrons. The number of rotatable bonds is 8. The molecule has 2 aromatic carbocycles. The van der Waals surface area contributed by atoms with E-state index in [0.29, 0.717) is 23.8 Å². The monoisotopic (exact) mass is 415 g/mol. The highest BCUT2D eigenvalue weighted by molar-refractivity contribution is 7.92. The molecule has 3 rings (SSSR count). The third kappa shape index (κ3) is 4.97. The van der Waals surface area contributed by atoms with Gasteiger partial charge < -0.3 is 5.32 Å². The fraction of sp³-hybridized carbons (Fsp3) is 0.409. The predicted octanol–water partition coefficient (Wildman–Crippen LogP) is 3.12. The number of hydrogen-bond acceptors (Lipinski definition) is 4. The molecule has 0 aliphatic carbocycles. The van der Waals surface area contributed by atoms with Crippen LogP contribution in [0.3, 0.4) is 0 Å². The molecule has 1 atom stereocenters. The van der Waals surface area contributed by atoms with E-state index in [9.17, 15) is 13.2 Å².